The fourth-order valence-corrected chi connectivity index (χ4v) is 12.0. The summed E-state index contributed by atoms with van der Waals surface area (Å²) in [4.78, 5) is 50.2. The second kappa shape index (κ2) is 36.7. The van der Waals surface area contributed by atoms with Crippen molar-refractivity contribution in [2.24, 2.45) is 10.8 Å². The zero-order valence-electron chi connectivity index (χ0n) is 54.8. The van der Waals surface area contributed by atoms with Crippen molar-refractivity contribution in [2.75, 3.05) is 72.9 Å². The Morgan fingerprint density at radius 3 is 1.49 bits per heavy atom. The van der Waals surface area contributed by atoms with Crippen LogP contribution in [0.25, 0.3) is 6.08 Å². The Bertz CT molecular complexity index is 2620. The molecule has 4 atom stereocenters. The van der Waals surface area contributed by atoms with Crippen molar-refractivity contribution in [1.29, 1.82) is 0 Å². The molecule has 5 rings (SSSR count). The molecular formula is C65H103IO18SeSi2. The van der Waals surface area contributed by atoms with Crippen LogP contribution in [0.4, 0.5) is 0 Å². The van der Waals surface area contributed by atoms with Gasteiger partial charge in [0.1, 0.15) is 42.5 Å². The molecule has 2 aliphatic heterocycles. The number of esters is 4. The number of carbonyl (C=O) groups is 4. The van der Waals surface area contributed by atoms with Crippen LogP contribution in [0.3, 0.4) is 0 Å². The Kier molecular flexibility index (Phi) is 33.3. The van der Waals surface area contributed by atoms with Crippen LogP contribution in [0.1, 0.15) is 121 Å². The van der Waals surface area contributed by atoms with E-state index in [1.165, 1.54) is 11.6 Å². The summed E-state index contributed by atoms with van der Waals surface area (Å²) in [6.45, 7) is 32.9. The number of hydrogen-bond donors (Lipinski definition) is 0. The van der Waals surface area contributed by atoms with Crippen molar-refractivity contribution in [1.82, 2.24) is 0 Å². The fourth-order valence-electron chi connectivity index (χ4n) is 8.11. The Hall–Kier alpha value is -4.08. The first-order chi connectivity index (χ1) is 40.0. The van der Waals surface area contributed by atoms with Crippen molar-refractivity contribution in [3.63, 3.8) is 0 Å². The summed E-state index contributed by atoms with van der Waals surface area (Å²) in [6, 6.07) is 19.1. The quantitative estimate of drug-likeness (QED) is 0.0166. The summed E-state index contributed by atoms with van der Waals surface area (Å²) < 4.78 is 80.4. The molecule has 2 heterocycles. The zero-order chi connectivity index (χ0) is 64.7. The maximum atomic E-state index is 13.2. The summed E-state index contributed by atoms with van der Waals surface area (Å²) >= 11 is 2.48. The Morgan fingerprint density at radius 2 is 1.05 bits per heavy atom. The van der Waals surface area contributed by atoms with Crippen molar-refractivity contribution in [2.45, 2.75) is 182 Å². The minimum absolute atomic E-state index is 0. The summed E-state index contributed by atoms with van der Waals surface area (Å²) in [5.74, 6) is -0.834. The molecule has 22 heteroatoms. The third-order valence-corrected chi connectivity index (χ3v) is 19.0. The van der Waals surface area contributed by atoms with Gasteiger partial charge in [-0.15, -0.1) is 0 Å². The van der Waals surface area contributed by atoms with E-state index in [0.717, 1.165) is 33.8 Å². The number of halogens is 1. The molecule has 87 heavy (non-hydrogen) atoms. The van der Waals surface area contributed by atoms with E-state index in [2.05, 4.69) is 74.0 Å². The SMILES string of the molecule is C.CC1(C)O[C@@H](CCI)[C@@H](COC(=O)C(C)(C)C)O1.COCOc1cc(OC)cc(/C=C/CC2OC(C)(C)OC2COC(=O)C(C)(C)C)c1C(=O)OCC[Si](C)(C)C.COCOc1cc(OC)cc(C[Se]c2ccccc2)c1C(=O)OCC[Si](C)(C)C. The van der Waals surface area contributed by atoms with Gasteiger partial charge in [-0.25, -0.2) is 4.79 Å². The number of carbonyl (C=O) groups excluding carboxylic acids is 4. The molecule has 18 nitrogen and oxygen atoms in total. The second-order valence-corrected chi connectivity index (χ2v) is 40.6. The molecule has 2 saturated heterocycles. The van der Waals surface area contributed by atoms with Crippen LogP contribution in [-0.4, -0.2) is 164 Å². The van der Waals surface area contributed by atoms with Gasteiger partial charge in [-0.2, -0.15) is 0 Å². The molecule has 0 spiro atoms. The van der Waals surface area contributed by atoms with Gasteiger partial charge in [-0.1, -0.05) is 61.8 Å². The Balaban J connectivity index is 0.000000473. The molecule has 0 aliphatic carbocycles. The van der Waals surface area contributed by atoms with E-state index in [9.17, 15) is 19.2 Å². The van der Waals surface area contributed by atoms with E-state index in [0.29, 0.717) is 59.3 Å². The van der Waals surface area contributed by atoms with Crippen molar-refractivity contribution in [3.8, 4) is 23.0 Å². The molecule has 492 valence electrons. The van der Waals surface area contributed by atoms with Crippen molar-refractivity contribution in [3.05, 3.63) is 82.9 Å². The molecule has 0 aromatic heterocycles. The van der Waals surface area contributed by atoms with Crippen LogP contribution in [0.5, 0.6) is 23.0 Å². The molecular weight excluding hydrogens is 1330 g/mol. The van der Waals surface area contributed by atoms with E-state index in [1.54, 1.807) is 60.3 Å². The number of hydrogen-bond acceptors (Lipinski definition) is 18. The normalized spacial score (nSPS) is 18.0. The number of ether oxygens (including phenoxy) is 14. The third-order valence-electron chi connectivity index (χ3n) is 12.7. The van der Waals surface area contributed by atoms with Crippen LogP contribution in [0.15, 0.2) is 60.7 Å². The van der Waals surface area contributed by atoms with Gasteiger partial charge >= 0.3 is 199 Å². The summed E-state index contributed by atoms with van der Waals surface area (Å²) in [7, 11) is 3.53. The van der Waals surface area contributed by atoms with Crippen LogP contribution >= 0.6 is 22.6 Å². The van der Waals surface area contributed by atoms with Crippen LogP contribution in [-0.2, 0) is 62.3 Å². The van der Waals surface area contributed by atoms with Crippen LogP contribution < -0.4 is 23.4 Å². The van der Waals surface area contributed by atoms with E-state index in [4.69, 9.17) is 66.3 Å². The van der Waals surface area contributed by atoms with Crippen molar-refractivity contribution >= 4 is 88.1 Å². The Morgan fingerprint density at radius 1 is 0.609 bits per heavy atom. The first-order valence-corrected chi connectivity index (χ1v) is 40.0. The number of rotatable bonds is 28. The van der Waals surface area contributed by atoms with Crippen LogP contribution in [0, 0.1) is 10.8 Å². The minimum atomic E-state index is -1.39. The van der Waals surface area contributed by atoms with Gasteiger partial charge in [0.25, 0.3) is 0 Å². The number of alkyl halides is 1. The molecule has 0 radical (unpaired) electrons. The standard InChI is InChI=1S/C29H46O9Si.C22H30O5SeSi.C13H23IO4.CH4/c1-28(2,3)27(31)35-18-24-22(37-29(4,5)38-24)13-11-12-20-16-21(33-7)17-23(36-19-32-6)25(20)26(30)34-14-15-39(8,9)10;1-24-16-27-20-14-18(25-2)13-17(15-28-19-9-7-6-8-10-19)21(20)22(23)26-11-12-29(3,4)5;1-12(2,3)11(15)16-8-10-9(6-7-14)17-13(4,5)18-10;/h11-12,16-17,22,24H,13-15,18-19H2,1-10H3;6-10,13-14H,11-12,15-16H2,1-5H3;9-10H,6-8H2,1-5H3;1H4/b12-11+;;;/t;;9-,10+;/m..0./s1. The maximum absolute atomic E-state index is 13.2. The molecule has 0 saturated carbocycles. The van der Waals surface area contributed by atoms with Gasteiger partial charge in [0.15, 0.2) is 18.4 Å². The van der Waals surface area contributed by atoms with Gasteiger partial charge in [-0.3, -0.25) is 9.59 Å². The third kappa shape index (κ3) is 29.2. The molecule has 0 amide bonds. The van der Waals surface area contributed by atoms with Gasteiger partial charge in [0.05, 0.1) is 36.8 Å². The first kappa shape index (κ1) is 79.0. The van der Waals surface area contributed by atoms with E-state index >= 15 is 0 Å². The average Bonchev–Trinajstić information content (AvgIpc) is 2.33. The average molecular weight is 1430 g/mol. The zero-order valence-corrected chi connectivity index (χ0v) is 60.7. The molecule has 2 fully saturated rings. The molecule has 0 bridgehead atoms. The van der Waals surface area contributed by atoms with Gasteiger partial charge < -0.3 is 47.4 Å². The van der Waals surface area contributed by atoms with Gasteiger partial charge in [0.2, 0.25) is 0 Å². The second-order valence-electron chi connectivity index (χ2n) is 26.1. The summed E-state index contributed by atoms with van der Waals surface area (Å²) in [5.41, 5.74) is 1.12. The Labute approximate surface area is 542 Å². The van der Waals surface area contributed by atoms with Gasteiger partial charge in [-0.05, 0) is 99.8 Å². The van der Waals surface area contributed by atoms with E-state index in [-0.39, 0.29) is 85.4 Å². The summed E-state index contributed by atoms with van der Waals surface area (Å²) in [5, 5.41) is 0.732. The van der Waals surface area contributed by atoms with Gasteiger partial charge in [0, 0.05) is 25.7 Å². The molecule has 2 unspecified atom stereocenters. The van der Waals surface area contributed by atoms with Crippen LogP contribution in [0.2, 0.25) is 51.4 Å². The predicted molar refractivity (Wildman–Crippen MR) is 356 cm³/mol. The number of methoxy groups -OCH3 is 4. The van der Waals surface area contributed by atoms with E-state index in [1.807, 2.05) is 84.9 Å². The summed E-state index contributed by atoms with van der Waals surface area (Å²) in [6.07, 6.45) is 4.11. The molecule has 3 aromatic rings. The topological polar surface area (TPSA) is 197 Å². The molecule has 0 N–H and O–H groups in total. The first-order valence-electron chi connectivity index (χ1n) is 29.0. The number of benzene rings is 3. The predicted octanol–water partition coefficient (Wildman–Crippen LogP) is 12.9. The van der Waals surface area contributed by atoms with Crippen molar-refractivity contribution < 1.29 is 85.5 Å². The fraction of sp³-hybridized carbons (Fsp3) is 0.631. The monoisotopic (exact) mass is 1430 g/mol. The molecule has 2 aliphatic rings. The van der Waals surface area contributed by atoms with E-state index < -0.39 is 50.6 Å². The molecule has 3 aromatic carbocycles.